The van der Waals surface area contributed by atoms with Gasteiger partial charge in [0.2, 0.25) is 11.8 Å². The molecule has 4 aliphatic rings. The molecule has 0 radical (unpaired) electrons. The number of unbranched alkanes of at least 4 members (excludes halogenated alkanes) is 2. The second kappa shape index (κ2) is 19.8. The average Bonchev–Trinajstić information content (AvgIpc) is 3.47. The highest BCUT2D eigenvalue weighted by molar-refractivity contribution is 5.96. The highest BCUT2D eigenvalue weighted by Gasteiger charge is 2.62. The van der Waals surface area contributed by atoms with Gasteiger partial charge in [0.25, 0.3) is 5.56 Å². The summed E-state index contributed by atoms with van der Waals surface area (Å²) in [5.41, 5.74) is -0.503. The van der Waals surface area contributed by atoms with E-state index in [4.69, 9.17) is 18.9 Å². The Hall–Kier alpha value is -4.43. The largest absolute Gasteiger partial charge is 0.491 e. The zero-order valence-electron chi connectivity index (χ0n) is 35.5. The van der Waals surface area contributed by atoms with Gasteiger partial charge in [-0.3, -0.25) is 19.3 Å². The lowest BCUT2D eigenvalue weighted by Gasteiger charge is -2.35. The van der Waals surface area contributed by atoms with Gasteiger partial charge in [0.15, 0.2) is 0 Å². The number of amides is 3. The van der Waals surface area contributed by atoms with Gasteiger partial charge in [-0.25, -0.2) is 9.59 Å². The lowest BCUT2D eigenvalue weighted by molar-refractivity contribution is -0.150. The monoisotopic (exact) mass is 819 g/mol. The number of hydrogen-bond acceptors (Lipinski definition) is 10. The number of H-pyrrole nitrogens is 1. The zero-order chi connectivity index (χ0) is 42.2. The molecular formula is C45H65N5O9. The Balaban J connectivity index is 0.999. The summed E-state index contributed by atoms with van der Waals surface area (Å²) >= 11 is 0. The van der Waals surface area contributed by atoms with Crippen LogP contribution in [0.25, 0.3) is 10.9 Å². The van der Waals surface area contributed by atoms with Crippen LogP contribution in [0.3, 0.4) is 0 Å². The summed E-state index contributed by atoms with van der Waals surface area (Å²) in [5.74, 6) is -0.621. The van der Waals surface area contributed by atoms with Crippen molar-refractivity contribution in [2.75, 3.05) is 52.6 Å². The fraction of sp³-hybridized carbons (Fsp3) is 0.667. The summed E-state index contributed by atoms with van der Waals surface area (Å²) in [6.07, 6.45) is 9.03. The van der Waals surface area contributed by atoms with Gasteiger partial charge in [-0.2, -0.15) is 0 Å². The van der Waals surface area contributed by atoms with Crippen molar-refractivity contribution >= 4 is 34.8 Å². The quantitative estimate of drug-likeness (QED) is 0.102. The molecule has 14 nitrogen and oxygen atoms in total. The number of nitrogens with one attached hydrogen (secondary N) is 3. The van der Waals surface area contributed by atoms with Crippen molar-refractivity contribution in [2.24, 2.45) is 17.3 Å². The molecule has 1 aromatic heterocycles. The number of ether oxygens (including phenoxy) is 4. The Bertz CT molecular complexity index is 1870. The molecule has 2 aliphatic heterocycles. The van der Waals surface area contributed by atoms with Crippen molar-refractivity contribution in [1.29, 1.82) is 0 Å². The molecule has 6 unspecified atom stereocenters. The first-order valence-corrected chi connectivity index (χ1v) is 21.8. The second-order valence-electron chi connectivity index (χ2n) is 17.7. The number of esters is 1. The third-order valence-electron chi connectivity index (χ3n) is 12.6. The number of hydrogen-bond donors (Lipinski definition) is 3. The van der Waals surface area contributed by atoms with Gasteiger partial charge in [-0.05, 0) is 88.2 Å². The number of aromatic nitrogens is 1. The molecule has 6 rings (SSSR count). The normalized spacial score (nSPS) is 25.0. The fourth-order valence-electron chi connectivity index (χ4n) is 9.09. The Morgan fingerprint density at radius 2 is 1.83 bits per heavy atom. The SMILES string of the molecule is C=CC1CC1(NC(=O)C1CCCN1C(=O)C(NC(=O)OC1CCCC1CCCCCc1c(OCCN2CCOCC2)c2ccccc2[nH]c1=O)C(C)(C)C)C(=O)OCC. The van der Waals surface area contributed by atoms with E-state index in [9.17, 15) is 24.0 Å². The molecule has 2 saturated heterocycles. The van der Waals surface area contributed by atoms with Gasteiger partial charge in [0.05, 0.1) is 30.9 Å². The minimum Gasteiger partial charge on any atom is -0.491 e. The number of carbonyl (C=O) groups excluding carboxylic acids is 4. The van der Waals surface area contributed by atoms with E-state index >= 15 is 0 Å². The van der Waals surface area contributed by atoms with E-state index in [1.54, 1.807) is 13.0 Å². The predicted octanol–water partition coefficient (Wildman–Crippen LogP) is 5.27. The first-order chi connectivity index (χ1) is 28.4. The molecule has 324 valence electrons. The van der Waals surface area contributed by atoms with E-state index in [0.29, 0.717) is 50.1 Å². The number of alkyl carbamates (subject to hydrolysis) is 1. The first-order valence-electron chi connectivity index (χ1n) is 21.8. The summed E-state index contributed by atoms with van der Waals surface area (Å²) in [6.45, 7) is 16.2. The lowest BCUT2D eigenvalue weighted by Crippen LogP contribution is -2.59. The van der Waals surface area contributed by atoms with Gasteiger partial charge in [0.1, 0.15) is 36.1 Å². The second-order valence-corrected chi connectivity index (χ2v) is 17.7. The molecule has 3 amide bonds. The van der Waals surface area contributed by atoms with Crippen molar-refractivity contribution in [3.63, 3.8) is 0 Å². The smallest absolute Gasteiger partial charge is 0.408 e. The summed E-state index contributed by atoms with van der Waals surface area (Å²) in [7, 11) is 0. The highest BCUT2D eigenvalue weighted by atomic mass is 16.6. The third kappa shape index (κ3) is 10.7. The minimum atomic E-state index is -1.16. The number of likely N-dealkylation sites (tertiary alicyclic amines) is 1. The maximum Gasteiger partial charge on any atom is 0.408 e. The molecule has 0 bridgehead atoms. The molecule has 14 heteroatoms. The van der Waals surface area contributed by atoms with E-state index in [2.05, 4.69) is 27.1 Å². The van der Waals surface area contributed by atoms with Gasteiger partial charge < -0.3 is 39.5 Å². The molecule has 2 aromatic rings. The van der Waals surface area contributed by atoms with Crippen molar-refractivity contribution < 1.29 is 38.1 Å². The van der Waals surface area contributed by atoms with Gasteiger partial charge in [0, 0.05) is 37.5 Å². The molecule has 2 saturated carbocycles. The summed E-state index contributed by atoms with van der Waals surface area (Å²) in [5, 5.41) is 6.69. The number of rotatable bonds is 18. The molecule has 6 atom stereocenters. The minimum absolute atomic E-state index is 0.113. The van der Waals surface area contributed by atoms with Crippen LogP contribution in [0.5, 0.6) is 5.75 Å². The van der Waals surface area contributed by atoms with Crippen molar-refractivity contribution in [1.82, 2.24) is 25.4 Å². The van der Waals surface area contributed by atoms with Crippen LogP contribution in [-0.4, -0.2) is 115 Å². The Morgan fingerprint density at radius 3 is 2.56 bits per heavy atom. The number of para-hydroxylation sites is 1. The van der Waals surface area contributed by atoms with Crippen molar-refractivity contribution in [3.05, 3.63) is 52.8 Å². The Kier molecular flexibility index (Phi) is 14.8. The summed E-state index contributed by atoms with van der Waals surface area (Å²) < 4.78 is 23.1. The van der Waals surface area contributed by atoms with Gasteiger partial charge in [-0.15, -0.1) is 6.58 Å². The van der Waals surface area contributed by atoms with E-state index in [0.717, 1.165) is 88.7 Å². The zero-order valence-corrected chi connectivity index (χ0v) is 35.5. The average molecular weight is 820 g/mol. The molecule has 3 heterocycles. The van der Waals surface area contributed by atoms with Gasteiger partial charge >= 0.3 is 12.1 Å². The van der Waals surface area contributed by atoms with Crippen LogP contribution in [0.4, 0.5) is 4.79 Å². The van der Waals surface area contributed by atoms with Crippen LogP contribution in [-0.2, 0) is 35.0 Å². The molecule has 1 aromatic carbocycles. The Morgan fingerprint density at radius 1 is 1.05 bits per heavy atom. The van der Waals surface area contributed by atoms with E-state index < -0.39 is 41.0 Å². The predicted molar refractivity (Wildman–Crippen MR) is 224 cm³/mol. The number of aromatic amines is 1. The number of nitrogens with zero attached hydrogens (tertiary/aromatic N) is 2. The summed E-state index contributed by atoms with van der Waals surface area (Å²) in [4.78, 5) is 74.2. The van der Waals surface area contributed by atoms with Crippen LogP contribution >= 0.6 is 0 Å². The highest BCUT2D eigenvalue weighted by Crippen LogP contribution is 2.46. The maximum atomic E-state index is 14.1. The van der Waals surface area contributed by atoms with Crippen molar-refractivity contribution in [3.8, 4) is 5.75 Å². The number of carbonyl (C=O) groups is 4. The van der Waals surface area contributed by atoms with Crippen molar-refractivity contribution in [2.45, 2.75) is 122 Å². The van der Waals surface area contributed by atoms with Crippen LogP contribution in [0.1, 0.15) is 97.5 Å². The molecular weight excluding hydrogens is 755 g/mol. The van der Waals surface area contributed by atoms with E-state index in [1.807, 2.05) is 45.0 Å². The van der Waals surface area contributed by atoms with Gasteiger partial charge in [-0.1, -0.05) is 51.8 Å². The number of pyridine rings is 1. The van der Waals surface area contributed by atoms with Crippen LogP contribution in [0, 0.1) is 17.3 Å². The topological polar surface area (TPSA) is 169 Å². The van der Waals surface area contributed by atoms with Crippen LogP contribution in [0.15, 0.2) is 41.7 Å². The maximum absolute atomic E-state index is 14.1. The standard InChI is InChI=1S/C45H65N5O9/c1-6-31-29-45(31,42(54)57-7-2)48-40(52)35-20-14-22-50(35)41(53)38(44(3,4)5)47-43(55)59-36-21-13-16-30(36)15-9-8-10-18-33-37(58-28-25-49-23-26-56-27-24-49)32-17-11-12-19-34(32)46-39(33)51/h6,11-12,17,19,30-31,35-36,38H,1,7-10,13-16,18,20-29H2,2-5H3,(H,46,51)(H,47,55)(H,48,52). The molecule has 59 heavy (non-hydrogen) atoms. The number of benzene rings is 1. The van der Waals surface area contributed by atoms with E-state index in [-0.39, 0.29) is 36.0 Å². The van der Waals surface area contributed by atoms with Crippen LogP contribution in [0.2, 0.25) is 0 Å². The number of fused-ring (bicyclic) bond motifs is 1. The molecule has 0 spiro atoms. The first kappa shape index (κ1) is 44.1. The Labute approximate surface area is 348 Å². The third-order valence-corrected chi connectivity index (χ3v) is 12.6. The van der Waals surface area contributed by atoms with E-state index in [1.165, 1.54) is 4.90 Å². The van der Waals surface area contributed by atoms with Crippen LogP contribution < -0.4 is 20.9 Å². The fourth-order valence-corrected chi connectivity index (χ4v) is 9.09. The lowest BCUT2D eigenvalue weighted by atomic mass is 9.85. The molecule has 3 N–H and O–H groups in total. The molecule has 4 fully saturated rings. The molecule has 2 aliphatic carbocycles. The number of morpholine rings is 1. The summed E-state index contributed by atoms with van der Waals surface area (Å²) in [6, 6.07) is 6.06.